The van der Waals surface area contributed by atoms with Crippen molar-refractivity contribution in [1.29, 1.82) is 0 Å². The highest BCUT2D eigenvalue weighted by Crippen LogP contribution is 2.05. The number of aromatic nitrogens is 3. The van der Waals surface area contributed by atoms with Gasteiger partial charge in [0.1, 0.15) is 5.69 Å². The molecule has 2 aromatic rings. The van der Waals surface area contributed by atoms with E-state index in [1.54, 1.807) is 6.92 Å². The van der Waals surface area contributed by atoms with Crippen LogP contribution < -0.4 is 5.32 Å². The van der Waals surface area contributed by atoms with E-state index in [0.29, 0.717) is 5.82 Å². The molecule has 1 amide bonds. The Morgan fingerprint density at radius 1 is 1.44 bits per heavy atom. The number of halogens is 1. The Labute approximate surface area is 89.5 Å². The van der Waals surface area contributed by atoms with Crippen LogP contribution in [0.1, 0.15) is 16.3 Å². The summed E-state index contributed by atoms with van der Waals surface area (Å²) in [4.78, 5) is 18.7. The molecule has 0 spiro atoms. The Morgan fingerprint density at radius 2 is 2.25 bits per heavy atom. The summed E-state index contributed by atoms with van der Waals surface area (Å²) in [5, 5.41) is 5.78. The summed E-state index contributed by atoms with van der Waals surface area (Å²) < 4.78 is 17.4. The second kappa shape index (κ2) is 4.05. The molecule has 0 saturated carbocycles. The van der Waals surface area contributed by atoms with E-state index in [9.17, 15) is 9.18 Å². The van der Waals surface area contributed by atoms with Crippen molar-refractivity contribution in [2.75, 3.05) is 5.32 Å². The van der Waals surface area contributed by atoms with E-state index in [1.807, 2.05) is 0 Å². The van der Waals surface area contributed by atoms with Gasteiger partial charge in [-0.15, -0.1) is 0 Å². The third kappa shape index (κ3) is 2.19. The average Bonchev–Trinajstić information content (AvgIpc) is 2.64. The lowest BCUT2D eigenvalue weighted by Gasteiger charge is -1.98. The highest BCUT2D eigenvalue weighted by molar-refractivity contribution is 6.01. The first-order valence-electron chi connectivity index (χ1n) is 4.39. The summed E-state index contributed by atoms with van der Waals surface area (Å²) in [6, 6.07) is 3.86. The summed E-state index contributed by atoms with van der Waals surface area (Å²) in [7, 11) is 0. The molecule has 16 heavy (non-hydrogen) atoms. The molecule has 0 saturated heterocycles. The molecule has 2 aromatic heterocycles. The molecule has 6 nitrogen and oxygen atoms in total. The van der Waals surface area contributed by atoms with E-state index >= 15 is 0 Å². The van der Waals surface area contributed by atoms with Crippen LogP contribution in [0.2, 0.25) is 0 Å². The number of nitrogens with one attached hydrogen (secondary N) is 1. The third-order valence-electron chi connectivity index (χ3n) is 1.70. The molecule has 2 heterocycles. The van der Waals surface area contributed by atoms with E-state index in [1.165, 1.54) is 12.1 Å². The van der Waals surface area contributed by atoms with Gasteiger partial charge in [-0.25, -0.2) is 4.98 Å². The van der Waals surface area contributed by atoms with Crippen LogP contribution in [-0.4, -0.2) is 21.0 Å². The highest BCUT2D eigenvalue weighted by Gasteiger charge is 2.11. The molecule has 0 aromatic carbocycles. The lowest BCUT2D eigenvalue weighted by molar-refractivity contribution is 0.101. The molecule has 0 aliphatic carbocycles. The van der Waals surface area contributed by atoms with Crippen molar-refractivity contribution in [1.82, 2.24) is 15.1 Å². The fourth-order valence-corrected chi connectivity index (χ4v) is 1.04. The van der Waals surface area contributed by atoms with Crippen LogP contribution in [0, 0.1) is 12.9 Å². The van der Waals surface area contributed by atoms with E-state index in [0.717, 1.165) is 6.07 Å². The largest absolute Gasteiger partial charge is 0.328 e. The van der Waals surface area contributed by atoms with Gasteiger partial charge in [-0.05, 0) is 19.1 Å². The average molecular weight is 222 g/mol. The van der Waals surface area contributed by atoms with Gasteiger partial charge >= 0.3 is 6.01 Å². The smallest absolute Gasteiger partial charge is 0.315 e. The Bertz CT molecular complexity index is 526. The molecule has 0 bridgehead atoms. The van der Waals surface area contributed by atoms with Gasteiger partial charge in [-0.1, -0.05) is 11.2 Å². The summed E-state index contributed by atoms with van der Waals surface area (Å²) in [6.45, 7) is 1.61. The van der Waals surface area contributed by atoms with Gasteiger partial charge in [0.2, 0.25) is 5.95 Å². The molecule has 0 atom stereocenters. The minimum atomic E-state index is -0.727. The zero-order valence-electron chi connectivity index (χ0n) is 8.27. The maximum atomic E-state index is 12.7. The van der Waals surface area contributed by atoms with Crippen molar-refractivity contribution < 1.29 is 13.7 Å². The molecular formula is C9H7FN4O2. The number of amides is 1. The van der Waals surface area contributed by atoms with Gasteiger partial charge in [0.05, 0.1) is 0 Å². The van der Waals surface area contributed by atoms with Gasteiger partial charge in [-0.2, -0.15) is 9.37 Å². The minimum Gasteiger partial charge on any atom is -0.315 e. The van der Waals surface area contributed by atoms with Crippen molar-refractivity contribution in [2.45, 2.75) is 6.92 Å². The summed E-state index contributed by atoms with van der Waals surface area (Å²) in [5.74, 6) is -0.944. The standard InChI is InChI=1S/C9H7FN4O2/c1-5-11-9(16-14-5)13-8(15)6-3-2-4-7(10)12-6/h2-4H,1H3,(H,11,13,14,15). The lowest BCUT2D eigenvalue weighted by atomic mass is 10.3. The van der Waals surface area contributed by atoms with Crippen LogP contribution in [0.4, 0.5) is 10.4 Å². The Balaban J connectivity index is 2.14. The summed E-state index contributed by atoms with van der Waals surface area (Å²) in [5.41, 5.74) is -0.0594. The first-order valence-corrected chi connectivity index (χ1v) is 4.39. The monoisotopic (exact) mass is 222 g/mol. The molecule has 0 unspecified atom stereocenters. The topological polar surface area (TPSA) is 80.9 Å². The number of carbonyl (C=O) groups excluding carboxylic acids is 1. The van der Waals surface area contributed by atoms with Crippen molar-refractivity contribution in [3.63, 3.8) is 0 Å². The molecule has 7 heteroatoms. The second-order valence-corrected chi connectivity index (χ2v) is 2.95. The number of hydrogen-bond acceptors (Lipinski definition) is 5. The predicted octanol–water partition coefficient (Wildman–Crippen LogP) is 1.16. The number of carbonyl (C=O) groups is 1. The first-order chi connectivity index (χ1) is 7.65. The van der Waals surface area contributed by atoms with Crippen molar-refractivity contribution >= 4 is 11.9 Å². The number of anilines is 1. The van der Waals surface area contributed by atoms with Crippen LogP contribution in [0.25, 0.3) is 0 Å². The molecule has 2 rings (SSSR count). The third-order valence-corrected chi connectivity index (χ3v) is 1.70. The molecule has 0 radical (unpaired) electrons. The van der Waals surface area contributed by atoms with Gasteiger partial charge in [0.15, 0.2) is 5.82 Å². The number of pyridine rings is 1. The molecule has 0 aliphatic rings. The van der Waals surface area contributed by atoms with Crippen LogP contribution in [0.15, 0.2) is 22.7 Å². The quantitative estimate of drug-likeness (QED) is 0.771. The number of nitrogens with zero attached hydrogens (tertiary/aromatic N) is 3. The molecule has 0 fully saturated rings. The SMILES string of the molecule is Cc1noc(NC(=O)c2cccc(F)n2)n1. The van der Waals surface area contributed by atoms with Gasteiger partial charge in [0.25, 0.3) is 5.91 Å². The van der Waals surface area contributed by atoms with Gasteiger partial charge in [0, 0.05) is 0 Å². The van der Waals surface area contributed by atoms with Crippen LogP contribution >= 0.6 is 0 Å². The molecular weight excluding hydrogens is 215 g/mol. The van der Waals surface area contributed by atoms with Crippen LogP contribution in [-0.2, 0) is 0 Å². The fraction of sp³-hybridized carbons (Fsp3) is 0.111. The van der Waals surface area contributed by atoms with Crippen LogP contribution in [0.3, 0.4) is 0 Å². The van der Waals surface area contributed by atoms with Gasteiger partial charge < -0.3 is 4.52 Å². The summed E-state index contributed by atoms with van der Waals surface area (Å²) in [6.07, 6.45) is 0. The molecule has 1 N–H and O–H groups in total. The highest BCUT2D eigenvalue weighted by atomic mass is 19.1. The fourth-order valence-electron chi connectivity index (χ4n) is 1.04. The molecule has 0 aliphatic heterocycles. The van der Waals surface area contributed by atoms with Crippen molar-refractivity contribution in [3.8, 4) is 0 Å². The van der Waals surface area contributed by atoms with E-state index in [4.69, 9.17) is 0 Å². The summed E-state index contributed by atoms with van der Waals surface area (Å²) >= 11 is 0. The Morgan fingerprint density at radius 3 is 2.88 bits per heavy atom. The number of rotatable bonds is 2. The van der Waals surface area contributed by atoms with E-state index in [-0.39, 0.29) is 11.7 Å². The maximum absolute atomic E-state index is 12.7. The Hall–Kier alpha value is -2.31. The minimum absolute atomic E-state index is 0.0476. The normalized spacial score (nSPS) is 10.1. The number of aryl methyl sites for hydroxylation is 1. The van der Waals surface area contributed by atoms with E-state index in [2.05, 4.69) is 25.0 Å². The lowest BCUT2D eigenvalue weighted by Crippen LogP contribution is -2.14. The Kier molecular flexibility index (Phi) is 2.59. The first kappa shape index (κ1) is 10.2. The second-order valence-electron chi connectivity index (χ2n) is 2.95. The zero-order chi connectivity index (χ0) is 11.5. The maximum Gasteiger partial charge on any atom is 0.328 e. The predicted molar refractivity (Wildman–Crippen MR) is 51.2 cm³/mol. The van der Waals surface area contributed by atoms with Crippen molar-refractivity contribution in [3.05, 3.63) is 35.7 Å². The van der Waals surface area contributed by atoms with E-state index < -0.39 is 11.9 Å². The molecule has 82 valence electrons. The number of hydrogen-bond donors (Lipinski definition) is 1. The van der Waals surface area contributed by atoms with Crippen LogP contribution in [0.5, 0.6) is 0 Å². The zero-order valence-corrected chi connectivity index (χ0v) is 8.27. The van der Waals surface area contributed by atoms with Gasteiger partial charge in [-0.3, -0.25) is 10.1 Å². The van der Waals surface area contributed by atoms with Crippen molar-refractivity contribution in [2.24, 2.45) is 0 Å².